The number of carbonyl (C=O) groups excluding carboxylic acids is 2. The van der Waals surface area contributed by atoms with E-state index in [1.807, 2.05) is 74.5 Å². The van der Waals surface area contributed by atoms with Gasteiger partial charge in [0.2, 0.25) is 5.91 Å². The van der Waals surface area contributed by atoms with E-state index >= 15 is 0 Å². The van der Waals surface area contributed by atoms with E-state index in [4.69, 9.17) is 9.47 Å². The Labute approximate surface area is 209 Å². The van der Waals surface area contributed by atoms with Gasteiger partial charge in [0.1, 0.15) is 17.5 Å². The van der Waals surface area contributed by atoms with Crippen molar-refractivity contribution in [3.05, 3.63) is 70.7 Å². The van der Waals surface area contributed by atoms with Crippen molar-refractivity contribution in [1.29, 1.82) is 0 Å². The Hall–Kier alpha value is -3.06. The van der Waals surface area contributed by atoms with Crippen LogP contribution in [0, 0.1) is 0 Å². The average molecular weight is 527 g/mol. The summed E-state index contributed by atoms with van der Waals surface area (Å²) in [6.07, 6.45) is 1.32. The van der Waals surface area contributed by atoms with Gasteiger partial charge in [0, 0.05) is 13.1 Å². The van der Waals surface area contributed by atoms with Gasteiger partial charge in [0.25, 0.3) is 5.91 Å². The van der Waals surface area contributed by atoms with Crippen LogP contribution < -0.4 is 14.8 Å². The number of nitrogens with one attached hydrogen (secondary N) is 1. The lowest BCUT2D eigenvalue weighted by Gasteiger charge is -2.30. The first-order chi connectivity index (χ1) is 16.5. The number of hydrogen-bond acceptors (Lipinski definition) is 4. The van der Waals surface area contributed by atoms with Gasteiger partial charge < -0.3 is 19.7 Å². The molecule has 0 aliphatic heterocycles. The summed E-state index contributed by atoms with van der Waals surface area (Å²) in [7, 11) is 1.60. The molecule has 7 heteroatoms. The third-order valence-electron chi connectivity index (χ3n) is 5.60. The molecule has 0 aliphatic carbocycles. The van der Waals surface area contributed by atoms with Gasteiger partial charge in [0.05, 0.1) is 11.6 Å². The Bertz CT molecular complexity index is 1130. The zero-order valence-corrected chi connectivity index (χ0v) is 21.4. The lowest BCUT2D eigenvalue weighted by atomic mass is 10.1. The van der Waals surface area contributed by atoms with Crippen LogP contribution in [0.15, 0.2) is 65.1 Å². The molecule has 180 valence electrons. The molecule has 0 bridgehead atoms. The molecule has 0 aliphatic rings. The number of fused-ring (bicyclic) bond motifs is 1. The van der Waals surface area contributed by atoms with Crippen LogP contribution in [-0.4, -0.2) is 43.0 Å². The summed E-state index contributed by atoms with van der Waals surface area (Å²) in [5.74, 6) is 0.857. The largest absolute Gasteiger partial charge is 0.497 e. The molecule has 1 N–H and O–H groups in total. The Morgan fingerprint density at radius 2 is 1.85 bits per heavy atom. The number of hydrogen-bond donors (Lipinski definition) is 1. The molecular formula is C27H31BrN2O4. The Balaban J connectivity index is 1.83. The lowest BCUT2D eigenvalue weighted by Crippen LogP contribution is -2.50. The van der Waals surface area contributed by atoms with Crippen LogP contribution in [0.5, 0.6) is 11.5 Å². The predicted octanol–water partition coefficient (Wildman–Crippen LogP) is 5.32. The molecule has 3 aromatic carbocycles. The van der Waals surface area contributed by atoms with E-state index in [1.54, 1.807) is 12.0 Å². The summed E-state index contributed by atoms with van der Waals surface area (Å²) in [6, 6.07) is 18.7. The van der Waals surface area contributed by atoms with Crippen LogP contribution in [-0.2, 0) is 16.1 Å². The van der Waals surface area contributed by atoms with Crippen LogP contribution in [0.25, 0.3) is 10.8 Å². The van der Waals surface area contributed by atoms with Crippen molar-refractivity contribution in [3.63, 3.8) is 0 Å². The van der Waals surface area contributed by atoms with Gasteiger partial charge in [0.15, 0.2) is 6.61 Å². The topological polar surface area (TPSA) is 67.9 Å². The normalized spacial score (nSPS) is 11.6. The number of rotatable bonds is 11. The van der Waals surface area contributed by atoms with Crippen LogP contribution >= 0.6 is 15.9 Å². The number of amides is 2. The van der Waals surface area contributed by atoms with Crippen LogP contribution in [0.2, 0.25) is 0 Å². The van der Waals surface area contributed by atoms with Gasteiger partial charge in [-0.3, -0.25) is 9.59 Å². The highest BCUT2D eigenvalue weighted by Crippen LogP contribution is 2.33. The molecule has 0 saturated heterocycles. The molecule has 6 nitrogen and oxygen atoms in total. The highest BCUT2D eigenvalue weighted by Gasteiger charge is 2.29. The van der Waals surface area contributed by atoms with E-state index in [0.717, 1.165) is 27.2 Å². The number of benzene rings is 3. The molecule has 2 amide bonds. The van der Waals surface area contributed by atoms with E-state index in [9.17, 15) is 9.59 Å². The average Bonchev–Trinajstić information content (AvgIpc) is 2.87. The van der Waals surface area contributed by atoms with Crippen molar-refractivity contribution in [2.45, 2.75) is 39.3 Å². The monoisotopic (exact) mass is 526 g/mol. The Morgan fingerprint density at radius 3 is 2.59 bits per heavy atom. The van der Waals surface area contributed by atoms with E-state index in [2.05, 4.69) is 21.2 Å². The molecule has 3 aromatic rings. The van der Waals surface area contributed by atoms with E-state index in [1.165, 1.54) is 0 Å². The van der Waals surface area contributed by atoms with E-state index in [-0.39, 0.29) is 25.0 Å². The van der Waals surface area contributed by atoms with Crippen molar-refractivity contribution in [2.24, 2.45) is 0 Å². The fraction of sp³-hybridized carbons (Fsp3) is 0.333. The first kappa shape index (κ1) is 25.6. The zero-order chi connectivity index (χ0) is 24.5. The molecule has 0 fully saturated rings. The second-order valence-electron chi connectivity index (χ2n) is 7.98. The SMILES string of the molecule is CCCNC(=O)C(CC)N(Cc1cccc(OC)c1)C(=O)COc1ccc2ccccc2c1Br. The lowest BCUT2D eigenvalue weighted by molar-refractivity contribution is -0.143. The van der Waals surface area contributed by atoms with Crippen molar-refractivity contribution in [3.8, 4) is 11.5 Å². The van der Waals surface area contributed by atoms with E-state index < -0.39 is 6.04 Å². The summed E-state index contributed by atoms with van der Waals surface area (Å²) >= 11 is 3.61. The number of carbonyl (C=O) groups is 2. The maximum atomic E-state index is 13.4. The minimum absolute atomic E-state index is 0.160. The number of halogens is 1. The van der Waals surface area contributed by atoms with Crippen molar-refractivity contribution < 1.29 is 19.1 Å². The van der Waals surface area contributed by atoms with Gasteiger partial charge in [-0.2, -0.15) is 0 Å². The summed E-state index contributed by atoms with van der Waals surface area (Å²) in [5.41, 5.74) is 0.876. The first-order valence-electron chi connectivity index (χ1n) is 11.5. The maximum absolute atomic E-state index is 13.4. The highest BCUT2D eigenvalue weighted by molar-refractivity contribution is 9.10. The van der Waals surface area contributed by atoms with Gasteiger partial charge in [-0.15, -0.1) is 0 Å². The van der Waals surface area contributed by atoms with Crippen molar-refractivity contribution in [2.75, 3.05) is 20.3 Å². The highest BCUT2D eigenvalue weighted by atomic mass is 79.9. The standard InChI is InChI=1S/C27H31BrN2O4/c1-4-15-29-27(32)23(5-2)30(17-19-9-8-11-21(16-19)33-3)25(31)18-34-24-14-13-20-10-6-7-12-22(20)26(24)28/h6-14,16,23H,4-5,15,17-18H2,1-3H3,(H,29,32). The summed E-state index contributed by atoms with van der Waals surface area (Å²) in [6.45, 7) is 4.56. The summed E-state index contributed by atoms with van der Waals surface area (Å²) in [5, 5.41) is 5.01. The molecule has 34 heavy (non-hydrogen) atoms. The second-order valence-corrected chi connectivity index (χ2v) is 8.77. The molecule has 1 atom stereocenters. The fourth-order valence-electron chi connectivity index (χ4n) is 3.80. The van der Waals surface area contributed by atoms with Crippen LogP contribution in [0.1, 0.15) is 32.3 Å². The predicted molar refractivity (Wildman–Crippen MR) is 138 cm³/mol. The minimum atomic E-state index is -0.603. The number of methoxy groups -OCH3 is 1. The molecule has 0 radical (unpaired) electrons. The molecule has 0 aromatic heterocycles. The van der Waals surface area contributed by atoms with Gasteiger partial charge in [-0.25, -0.2) is 0 Å². The molecule has 1 unspecified atom stereocenters. The molecule has 0 spiro atoms. The van der Waals surface area contributed by atoms with Crippen molar-refractivity contribution >= 4 is 38.5 Å². The number of ether oxygens (including phenoxy) is 2. The van der Waals surface area contributed by atoms with Crippen molar-refractivity contribution in [1.82, 2.24) is 10.2 Å². The molecule has 0 saturated carbocycles. The maximum Gasteiger partial charge on any atom is 0.261 e. The summed E-state index contributed by atoms with van der Waals surface area (Å²) in [4.78, 5) is 27.9. The molecule has 3 rings (SSSR count). The third kappa shape index (κ3) is 6.29. The van der Waals surface area contributed by atoms with E-state index in [0.29, 0.717) is 24.5 Å². The third-order valence-corrected chi connectivity index (χ3v) is 6.42. The Morgan fingerprint density at radius 1 is 1.06 bits per heavy atom. The van der Waals surface area contributed by atoms with Crippen LogP contribution in [0.4, 0.5) is 0 Å². The number of nitrogens with zero attached hydrogens (tertiary/aromatic N) is 1. The quantitative estimate of drug-likeness (QED) is 0.367. The van der Waals surface area contributed by atoms with Crippen LogP contribution in [0.3, 0.4) is 0 Å². The Kier molecular flexibility index (Phi) is 9.33. The second kappa shape index (κ2) is 12.4. The zero-order valence-electron chi connectivity index (χ0n) is 19.8. The summed E-state index contributed by atoms with van der Waals surface area (Å²) < 4.78 is 12.1. The molecular weight excluding hydrogens is 496 g/mol. The molecule has 0 heterocycles. The van der Waals surface area contributed by atoms with Gasteiger partial charge in [-0.05, 0) is 63.3 Å². The fourth-order valence-corrected chi connectivity index (χ4v) is 4.41. The van der Waals surface area contributed by atoms with Gasteiger partial charge in [-0.1, -0.05) is 56.3 Å². The first-order valence-corrected chi connectivity index (χ1v) is 12.3. The minimum Gasteiger partial charge on any atom is -0.497 e. The van der Waals surface area contributed by atoms with Gasteiger partial charge >= 0.3 is 0 Å². The smallest absolute Gasteiger partial charge is 0.261 e.